The standard InChI is InChI=1S/C29H31F3N4O2S3/c1-20-18-27(36-16-12-23(13-17-36)35-14-2-3-15-35)34-26-10-7-22(19-25(20)26)33-28(37)11-6-21-4-8-24(9-5-21)38-29(39-30,40-31)41-32/h4-11,18-19,23H,2-3,12-17H2,1H3,(H,33,37). The highest BCUT2D eigenvalue weighted by atomic mass is 32.3. The first kappa shape index (κ1) is 29.9. The van der Waals surface area contributed by atoms with Gasteiger partial charge in [0, 0.05) is 36.3 Å². The molecule has 3 aromatic rings. The molecule has 0 unspecified atom stereocenters. The average molecular weight is 621 g/mol. The van der Waals surface area contributed by atoms with Crippen LogP contribution in [0.3, 0.4) is 0 Å². The minimum Gasteiger partial charge on any atom is -0.451 e. The van der Waals surface area contributed by atoms with Gasteiger partial charge in [-0.2, -0.15) is 11.7 Å². The summed E-state index contributed by atoms with van der Waals surface area (Å²) in [6, 6.07) is 14.6. The summed E-state index contributed by atoms with van der Waals surface area (Å²) in [7, 11) is 0. The molecular formula is C29H31F3N4O2S3. The van der Waals surface area contributed by atoms with E-state index in [0.717, 1.165) is 35.4 Å². The molecule has 1 amide bonds. The fraction of sp³-hybridized carbons (Fsp3) is 0.379. The molecule has 0 aliphatic carbocycles. The van der Waals surface area contributed by atoms with Gasteiger partial charge in [0.1, 0.15) is 48.0 Å². The number of pyridine rings is 1. The highest BCUT2D eigenvalue weighted by molar-refractivity contribution is 8.29. The molecule has 218 valence electrons. The Morgan fingerprint density at radius 2 is 1.68 bits per heavy atom. The zero-order chi connectivity index (χ0) is 28.8. The van der Waals surface area contributed by atoms with Crippen molar-refractivity contribution in [3.05, 3.63) is 65.7 Å². The second-order valence-corrected chi connectivity index (χ2v) is 13.2. The van der Waals surface area contributed by atoms with E-state index in [4.69, 9.17) is 9.72 Å². The van der Waals surface area contributed by atoms with Gasteiger partial charge in [-0.15, -0.1) is 0 Å². The molecular weight excluding hydrogens is 590 g/mol. The molecule has 2 aromatic carbocycles. The maximum atomic E-state index is 12.9. The predicted octanol–water partition coefficient (Wildman–Crippen LogP) is 8.10. The number of rotatable bonds is 10. The number of aryl methyl sites for hydroxylation is 1. The second-order valence-electron chi connectivity index (χ2n) is 10.2. The van der Waals surface area contributed by atoms with Crippen LogP contribution < -0.4 is 15.0 Å². The Labute approximate surface area is 251 Å². The van der Waals surface area contributed by atoms with E-state index in [1.54, 1.807) is 18.2 Å². The minimum absolute atomic E-state index is 0.0851. The van der Waals surface area contributed by atoms with Crippen molar-refractivity contribution < 1.29 is 21.2 Å². The van der Waals surface area contributed by atoms with Crippen LogP contribution in [0.25, 0.3) is 17.0 Å². The maximum absolute atomic E-state index is 12.9. The summed E-state index contributed by atoms with van der Waals surface area (Å²) in [5.41, 5.74) is 3.31. The second kappa shape index (κ2) is 13.6. The van der Waals surface area contributed by atoms with Crippen molar-refractivity contribution in [2.75, 3.05) is 36.4 Å². The number of carbonyl (C=O) groups is 1. The number of aromatic nitrogens is 1. The topological polar surface area (TPSA) is 57.7 Å². The fourth-order valence-corrected chi connectivity index (χ4v) is 6.08. The molecule has 1 N–H and O–H groups in total. The van der Waals surface area contributed by atoms with Gasteiger partial charge >= 0.3 is 3.60 Å². The summed E-state index contributed by atoms with van der Waals surface area (Å²) in [6.45, 7) is 6.57. The van der Waals surface area contributed by atoms with Crippen molar-refractivity contribution in [1.82, 2.24) is 9.88 Å². The van der Waals surface area contributed by atoms with Crippen molar-refractivity contribution in [3.63, 3.8) is 0 Å². The molecule has 3 heterocycles. The number of benzene rings is 2. The number of nitrogens with zero attached hydrogens (tertiary/aromatic N) is 3. The third-order valence-corrected chi connectivity index (χ3v) is 9.50. The fourth-order valence-electron chi connectivity index (χ4n) is 5.41. The highest BCUT2D eigenvalue weighted by Crippen LogP contribution is 2.49. The summed E-state index contributed by atoms with van der Waals surface area (Å²) >= 11 is -1.73. The molecule has 2 saturated heterocycles. The number of nitrogens with one attached hydrogen (secondary N) is 1. The third-order valence-electron chi connectivity index (χ3n) is 7.55. The van der Waals surface area contributed by atoms with Crippen LogP contribution in [-0.4, -0.2) is 51.6 Å². The quantitative estimate of drug-likeness (QED) is 0.180. The van der Waals surface area contributed by atoms with Crippen LogP contribution in [0.4, 0.5) is 23.2 Å². The molecule has 2 aliphatic heterocycles. The van der Waals surface area contributed by atoms with Gasteiger partial charge in [0.25, 0.3) is 0 Å². The Hall–Kier alpha value is -2.54. The van der Waals surface area contributed by atoms with Gasteiger partial charge in [-0.1, -0.05) is 12.1 Å². The SMILES string of the molecule is Cc1cc(N2CCC(N3CCCC3)CC2)nc2ccc(NC(=O)C=Cc3ccc(OC(SF)(SF)SF)cc3)cc12. The lowest BCUT2D eigenvalue weighted by Crippen LogP contribution is -2.44. The van der Waals surface area contributed by atoms with Gasteiger partial charge in [-0.3, -0.25) is 4.79 Å². The number of anilines is 2. The smallest absolute Gasteiger partial charge is 0.338 e. The third kappa shape index (κ3) is 7.28. The highest BCUT2D eigenvalue weighted by Gasteiger charge is 2.40. The minimum atomic E-state index is -2.36. The summed E-state index contributed by atoms with van der Waals surface area (Å²) in [4.78, 5) is 22.5. The lowest BCUT2D eigenvalue weighted by atomic mass is 10.0. The molecule has 5 rings (SSSR count). The van der Waals surface area contributed by atoms with E-state index in [2.05, 4.69) is 28.1 Å². The molecule has 6 nitrogen and oxygen atoms in total. The number of likely N-dealkylation sites (tertiary alicyclic amines) is 1. The first-order valence-electron chi connectivity index (χ1n) is 13.5. The van der Waals surface area contributed by atoms with Crippen molar-refractivity contribution in [3.8, 4) is 5.75 Å². The van der Waals surface area contributed by atoms with E-state index >= 15 is 0 Å². The summed E-state index contributed by atoms with van der Waals surface area (Å²) in [6.07, 6.45) is 7.97. The molecule has 0 spiro atoms. The van der Waals surface area contributed by atoms with E-state index in [9.17, 15) is 16.5 Å². The Kier molecular flexibility index (Phi) is 9.95. The van der Waals surface area contributed by atoms with Crippen LogP contribution in [-0.2, 0) is 4.79 Å². The van der Waals surface area contributed by atoms with Gasteiger partial charge in [0.15, 0.2) is 0 Å². The van der Waals surface area contributed by atoms with E-state index in [-0.39, 0.29) is 11.7 Å². The first-order chi connectivity index (χ1) is 19.9. The number of piperidine rings is 1. The van der Waals surface area contributed by atoms with Crippen LogP contribution in [0, 0.1) is 6.92 Å². The lowest BCUT2D eigenvalue weighted by molar-refractivity contribution is -0.111. The van der Waals surface area contributed by atoms with Gasteiger partial charge in [-0.05, 0) is 99.3 Å². The lowest BCUT2D eigenvalue weighted by Gasteiger charge is -2.37. The van der Waals surface area contributed by atoms with Crippen molar-refractivity contribution in [1.29, 1.82) is 0 Å². The summed E-state index contributed by atoms with van der Waals surface area (Å²) in [5.74, 6) is 0.775. The number of fused-ring (bicyclic) bond motifs is 1. The van der Waals surface area contributed by atoms with Crippen molar-refractivity contribution in [2.24, 2.45) is 0 Å². The largest absolute Gasteiger partial charge is 0.451 e. The van der Waals surface area contributed by atoms with Crippen LogP contribution in [0.2, 0.25) is 0 Å². The van der Waals surface area contributed by atoms with Crippen LogP contribution in [0.15, 0.2) is 54.6 Å². The molecule has 0 bridgehead atoms. The van der Waals surface area contributed by atoms with Crippen molar-refractivity contribution in [2.45, 2.75) is 42.2 Å². The van der Waals surface area contributed by atoms with E-state index < -0.39 is 40.0 Å². The molecule has 0 radical (unpaired) electrons. The Morgan fingerprint density at radius 3 is 2.34 bits per heavy atom. The van der Waals surface area contributed by atoms with Gasteiger partial charge in [0.2, 0.25) is 5.91 Å². The normalized spacial score (nSPS) is 17.0. The van der Waals surface area contributed by atoms with Crippen LogP contribution in [0.1, 0.15) is 36.8 Å². The maximum Gasteiger partial charge on any atom is 0.338 e. The molecule has 12 heteroatoms. The molecule has 0 atom stereocenters. The number of carbonyl (C=O) groups excluding carboxylic acids is 1. The molecule has 1 aromatic heterocycles. The zero-order valence-electron chi connectivity index (χ0n) is 22.5. The van der Waals surface area contributed by atoms with E-state index in [1.807, 2.05) is 18.2 Å². The Bertz CT molecular complexity index is 1370. The molecule has 2 fully saturated rings. The summed E-state index contributed by atoms with van der Waals surface area (Å²) in [5, 5.41) is 3.86. The van der Waals surface area contributed by atoms with E-state index in [1.165, 1.54) is 57.0 Å². The number of hydrogen-bond donors (Lipinski definition) is 1. The molecule has 41 heavy (non-hydrogen) atoms. The van der Waals surface area contributed by atoms with Crippen molar-refractivity contribution >= 4 is 70.8 Å². The monoisotopic (exact) mass is 620 g/mol. The summed E-state index contributed by atoms with van der Waals surface area (Å²) < 4.78 is 41.5. The Balaban J connectivity index is 1.19. The number of amides is 1. The first-order valence-corrected chi connectivity index (χ1v) is 15.6. The average Bonchev–Trinajstić information content (AvgIpc) is 3.55. The van der Waals surface area contributed by atoms with Gasteiger partial charge < -0.3 is 19.9 Å². The molecule has 2 aliphatic rings. The van der Waals surface area contributed by atoms with Gasteiger partial charge in [-0.25, -0.2) is 4.98 Å². The Morgan fingerprint density at radius 1 is 1.00 bits per heavy atom. The van der Waals surface area contributed by atoms with Gasteiger partial charge in [0.05, 0.1) is 5.52 Å². The molecule has 0 saturated carbocycles. The predicted molar refractivity (Wildman–Crippen MR) is 166 cm³/mol. The number of halogens is 3. The zero-order valence-corrected chi connectivity index (χ0v) is 25.0. The van der Waals surface area contributed by atoms with Crippen LogP contribution in [0.5, 0.6) is 5.75 Å². The van der Waals surface area contributed by atoms with E-state index in [0.29, 0.717) is 17.3 Å². The number of hydrogen-bond acceptors (Lipinski definition) is 8. The van der Waals surface area contributed by atoms with Crippen LogP contribution >= 0.6 is 36.4 Å². The number of ether oxygens (including phenoxy) is 1.